The maximum atomic E-state index is 14.0. The van der Waals surface area contributed by atoms with E-state index < -0.39 is 17.5 Å². The number of rotatable bonds is 7. The average Bonchev–Trinajstić information content (AvgIpc) is 2.87. The number of nitrogens with zero attached hydrogens (tertiary/aromatic N) is 1. The summed E-state index contributed by atoms with van der Waals surface area (Å²) in [5, 5.41) is 3.07. The van der Waals surface area contributed by atoms with Crippen molar-refractivity contribution >= 4 is 11.8 Å². The summed E-state index contributed by atoms with van der Waals surface area (Å²) in [6.07, 6.45) is 1.81. The van der Waals surface area contributed by atoms with Crippen LogP contribution in [0.3, 0.4) is 0 Å². The van der Waals surface area contributed by atoms with Gasteiger partial charge in [0.05, 0.1) is 5.56 Å². The third kappa shape index (κ3) is 5.68. The average molecular weight is 463 g/mol. The van der Waals surface area contributed by atoms with E-state index in [0.29, 0.717) is 38.5 Å². The molecule has 3 aromatic rings. The number of halogens is 2. The van der Waals surface area contributed by atoms with E-state index in [2.05, 4.69) is 29.6 Å². The topological polar surface area (TPSA) is 49.4 Å². The van der Waals surface area contributed by atoms with E-state index in [1.807, 2.05) is 36.4 Å². The summed E-state index contributed by atoms with van der Waals surface area (Å²) in [4.78, 5) is 26.9. The zero-order valence-corrected chi connectivity index (χ0v) is 18.9. The van der Waals surface area contributed by atoms with Gasteiger partial charge in [-0.05, 0) is 42.5 Å². The summed E-state index contributed by atoms with van der Waals surface area (Å²) in [6.45, 7) is 1.28. The second-order valence-corrected chi connectivity index (χ2v) is 8.64. The van der Waals surface area contributed by atoms with Crippen molar-refractivity contribution in [2.75, 3.05) is 19.6 Å². The third-order valence-corrected chi connectivity index (χ3v) is 6.45. The van der Waals surface area contributed by atoms with Gasteiger partial charge in [-0.25, -0.2) is 8.78 Å². The molecule has 0 spiro atoms. The molecule has 1 N–H and O–H groups in total. The zero-order valence-electron chi connectivity index (χ0n) is 18.9. The summed E-state index contributed by atoms with van der Waals surface area (Å²) < 4.78 is 27.1. The maximum Gasteiger partial charge on any atom is 0.256 e. The molecule has 0 aromatic heterocycles. The van der Waals surface area contributed by atoms with Crippen LogP contribution in [0.1, 0.15) is 46.7 Å². The second-order valence-electron chi connectivity index (χ2n) is 8.64. The second kappa shape index (κ2) is 11.1. The first kappa shape index (κ1) is 23.6. The number of likely N-dealkylation sites (tertiary alicyclic amines) is 1. The van der Waals surface area contributed by atoms with Crippen LogP contribution in [-0.2, 0) is 4.79 Å². The summed E-state index contributed by atoms with van der Waals surface area (Å²) in [5.74, 6) is -2.06. The lowest BCUT2D eigenvalue weighted by Crippen LogP contribution is -2.43. The molecule has 4 nitrogen and oxygen atoms in total. The largest absolute Gasteiger partial charge is 0.356 e. The van der Waals surface area contributed by atoms with Gasteiger partial charge in [0.15, 0.2) is 0 Å². The van der Waals surface area contributed by atoms with Crippen LogP contribution in [0.2, 0.25) is 0 Å². The number of nitrogens with one attached hydrogen (secondary N) is 1. The molecule has 34 heavy (non-hydrogen) atoms. The summed E-state index contributed by atoms with van der Waals surface area (Å²) in [5.41, 5.74) is 2.28. The van der Waals surface area contributed by atoms with E-state index in [0.717, 1.165) is 12.5 Å². The number of carbonyl (C=O) groups is 2. The number of hydrogen-bond acceptors (Lipinski definition) is 2. The molecule has 1 saturated heterocycles. The van der Waals surface area contributed by atoms with Crippen LogP contribution < -0.4 is 5.32 Å². The van der Waals surface area contributed by atoms with Crippen molar-refractivity contribution in [3.8, 4) is 0 Å². The molecular weight excluding hydrogens is 434 g/mol. The Balaban J connectivity index is 1.29. The molecule has 1 aliphatic rings. The highest BCUT2D eigenvalue weighted by Gasteiger charge is 2.29. The summed E-state index contributed by atoms with van der Waals surface area (Å²) in [6, 6.07) is 23.5. The van der Waals surface area contributed by atoms with Gasteiger partial charge in [-0.3, -0.25) is 9.59 Å². The number of hydrogen-bond donors (Lipinski definition) is 1. The molecule has 0 bridgehead atoms. The normalized spacial score (nSPS) is 14.3. The minimum absolute atomic E-state index is 0.0139. The molecule has 4 rings (SSSR count). The van der Waals surface area contributed by atoms with Gasteiger partial charge in [0.1, 0.15) is 11.6 Å². The fourth-order valence-electron chi connectivity index (χ4n) is 4.56. The fraction of sp³-hybridized carbons (Fsp3) is 0.286. The van der Waals surface area contributed by atoms with Gasteiger partial charge in [-0.2, -0.15) is 0 Å². The third-order valence-electron chi connectivity index (χ3n) is 6.45. The molecular formula is C28H28F2N2O2. The van der Waals surface area contributed by atoms with E-state index in [9.17, 15) is 18.4 Å². The number of amides is 2. The van der Waals surface area contributed by atoms with Crippen LogP contribution in [0.4, 0.5) is 8.78 Å². The van der Waals surface area contributed by atoms with Crippen molar-refractivity contribution in [3.05, 3.63) is 107 Å². The first-order valence-corrected chi connectivity index (χ1v) is 11.6. The summed E-state index contributed by atoms with van der Waals surface area (Å²) in [7, 11) is 0. The molecule has 0 atom stereocenters. The van der Waals surface area contributed by atoms with Crippen LogP contribution in [0.25, 0.3) is 0 Å². The first-order valence-electron chi connectivity index (χ1n) is 11.6. The molecule has 1 heterocycles. The molecule has 0 unspecified atom stereocenters. The van der Waals surface area contributed by atoms with Gasteiger partial charge in [-0.1, -0.05) is 60.7 Å². The van der Waals surface area contributed by atoms with Gasteiger partial charge in [-0.15, -0.1) is 0 Å². The van der Waals surface area contributed by atoms with E-state index >= 15 is 0 Å². The summed E-state index contributed by atoms with van der Waals surface area (Å²) >= 11 is 0. The van der Waals surface area contributed by atoms with E-state index in [4.69, 9.17) is 0 Å². The Morgan fingerprint density at radius 3 is 2.03 bits per heavy atom. The zero-order chi connectivity index (χ0) is 23.9. The van der Waals surface area contributed by atoms with Gasteiger partial charge in [0, 0.05) is 37.5 Å². The minimum Gasteiger partial charge on any atom is -0.356 e. The number of piperidine rings is 1. The van der Waals surface area contributed by atoms with E-state index in [1.54, 1.807) is 0 Å². The molecule has 0 radical (unpaired) electrons. The van der Waals surface area contributed by atoms with Crippen molar-refractivity contribution < 1.29 is 18.4 Å². The Kier molecular flexibility index (Phi) is 7.68. The van der Waals surface area contributed by atoms with Crippen molar-refractivity contribution in [1.29, 1.82) is 0 Å². The predicted octanol–water partition coefficient (Wildman–Crippen LogP) is 5.16. The van der Waals surface area contributed by atoms with Gasteiger partial charge in [0.2, 0.25) is 5.91 Å². The fourth-order valence-corrected chi connectivity index (χ4v) is 4.56. The number of benzene rings is 3. The predicted molar refractivity (Wildman–Crippen MR) is 127 cm³/mol. The molecule has 0 saturated carbocycles. The van der Waals surface area contributed by atoms with Crippen LogP contribution in [0.15, 0.2) is 78.9 Å². The van der Waals surface area contributed by atoms with E-state index in [1.165, 1.54) is 22.1 Å². The number of carbonyl (C=O) groups excluding carboxylic acids is 2. The molecule has 0 aliphatic carbocycles. The molecule has 2 amide bonds. The maximum absolute atomic E-state index is 14.0. The molecule has 6 heteroatoms. The van der Waals surface area contributed by atoms with Crippen molar-refractivity contribution in [2.24, 2.45) is 5.92 Å². The molecule has 176 valence electrons. The van der Waals surface area contributed by atoms with Crippen molar-refractivity contribution in [2.45, 2.75) is 25.2 Å². The quantitative estimate of drug-likeness (QED) is 0.528. The highest BCUT2D eigenvalue weighted by atomic mass is 19.1. The van der Waals surface area contributed by atoms with E-state index in [-0.39, 0.29) is 23.3 Å². The SMILES string of the molecule is O=C(NCCC(c1ccccc1)c1ccccc1)C1CCN(C(=O)c2ccc(F)cc2F)CC1. The standard InChI is InChI=1S/C28H28F2N2O2/c29-23-11-12-25(26(30)19-23)28(34)32-17-14-22(15-18-32)27(33)31-16-13-24(20-7-3-1-4-8-20)21-9-5-2-6-10-21/h1-12,19,22,24H,13-18H2,(H,31,33). The first-order chi connectivity index (χ1) is 16.5. The Morgan fingerprint density at radius 2 is 1.47 bits per heavy atom. The highest BCUT2D eigenvalue weighted by Crippen LogP contribution is 2.27. The molecule has 1 fully saturated rings. The minimum atomic E-state index is -0.865. The van der Waals surface area contributed by atoms with Gasteiger partial charge in [0.25, 0.3) is 5.91 Å². The lowest BCUT2D eigenvalue weighted by Gasteiger charge is -2.31. The Labute approximate surface area is 198 Å². The van der Waals surface area contributed by atoms with Gasteiger partial charge >= 0.3 is 0 Å². The van der Waals surface area contributed by atoms with Crippen LogP contribution in [0.5, 0.6) is 0 Å². The molecule has 3 aromatic carbocycles. The molecule has 1 aliphatic heterocycles. The Bertz CT molecular complexity index is 1070. The highest BCUT2D eigenvalue weighted by molar-refractivity contribution is 5.94. The van der Waals surface area contributed by atoms with Crippen molar-refractivity contribution in [3.63, 3.8) is 0 Å². The lowest BCUT2D eigenvalue weighted by molar-refractivity contribution is -0.126. The Hall–Kier alpha value is -3.54. The van der Waals surface area contributed by atoms with Crippen LogP contribution >= 0.6 is 0 Å². The monoisotopic (exact) mass is 462 g/mol. The van der Waals surface area contributed by atoms with Crippen LogP contribution in [0, 0.1) is 17.6 Å². The van der Waals surface area contributed by atoms with Crippen molar-refractivity contribution in [1.82, 2.24) is 10.2 Å². The smallest absolute Gasteiger partial charge is 0.256 e. The van der Waals surface area contributed by atoms with Crippen LogP contribution in [-0.4, -0.2) is 36.3 Å². The van der Waals surface area contributed by atoms with Gasteiger partial charge < -0.3 is 10.2 Å². The Morgan fingerprint density at radius 1 is 0.882 bits per heavy atom. The lowest BCUT2D eigenvalue weighted by atomic mass is 9.88.